The molecule has 8 heteroatoms. The number of carboxylic acid groups (broad SMARTS) is 1. The molecule has 3 aromatic rings. The smallest absolute Gasteiger partial charge is 0.407 e. The standard InChI is InChI=1S/C23H23FN4O3/c1-13-3-2-4-18(24)21(13)15-9-16-12-26-20(25)11-17(16)19(10-15)27-22(29)14-5-7-28(8-6-14)23(30)31/h2-4,9-12,14H,5-8H2,1H3,(H2,25,26)(H,27,29)(H,30,31). The molecule has 4 rings (SSSR count). The number of nitrogens with zero attached hydrogens (tertiary/aromatic N) is 2. The number of nitrogens with one attached hydrogen (secondary N) is 1. The Kier molecular flexibility index (Phi) is 5.46. The van der Waals surface area contributed by atoms with Gasteiger partial charge in [-0.3, -0.25) is 4.79 Å². The number of nitrogen functional groups attached to an aromatic ring is 1. The van der Waals surface area contributed by atoms with Gasteiger partial charge in [0.15, 0.2) is 0 Å². The van der Waals surface area contributed by atoms with Crippen LogP contribution in [0.5, 0.6) is 0 Å². The summed E-state index contributed by atoms with van der Waals surface area (Å²) in [6.07, 6.45) is 1.53. The molecule has 1 aliphatic heterocycles. The molecule has 2 amide bonds. The zero-order chi connectivity index (χ0) is 22.1. The van der Waals surface area contributed by atoms with E-state index in [0.717, 1.165) is 10.9 Å². The number of hydrogen-bond acceptors (Lipinski definition) is 4. The zero-order valence-electron chi connectivity index (χ0n) is 17.1. The Balaban J connectivity index is 1.70. The molecule has 1 saturated heterocycles. The Hall–Kier alpha value is -3.68. The van der Waals surface area contributed by atoms with Crippen LogP contribution in [-0.2, 0) is 4.79 Å². The minimum Gasteiger partial charge on any atom is -0.465 e. The number of halogens is 1. The largest absolute Gasteiger partial charge is 0.465 e. The molecule has 0 unspecified atom stereocenters. The highest BCUT2D eigenvalue weighted by molar-refractivity contribution is 6.05. The maximum atomic E-state index is 14.6. The molecule has 0 radical (unpaired) electrons. The summed E-state index contributed by atoms with van der Waals surface area (Å²) in [5.74, 6) is -0.526. The summed E-state index contributed by atoms with van der Waals surface area (Å²) >= 11 is 0. The van der Waals surface area contributed by atoms with Gasteiger partial charge >= 0.3 is 6.09 Å². The number of pyridine rings is 1. The summed E-state index contributed by atoms with van der Waals surface area (Å²) in [6, 6.07) is 10.1. The lowest BCUT2D eigenvalue weighted by Gasteiger charge is -2.29. The fourth-order valence-corrected chi connectivity index (χ4v) is 4.09. The first kappa shape index (κ1) is 20.6. The van der Waals surface area contributed by atoms with Crippen molar-refractivity contribution in [2.24, 2.45) is 5.92 Å². The van der Waals surface area contributed by atoms with Crippen molar-refractivity contribution in [3.8, 4) is 11.1 Å². The first-order chi connectivity index (χ1) is 14.8. The SMILES string of the molecule is Cc1cccc(F)c1-c1cc(NC(=O)C2CCN(C(=O)O)CC2)c2cc(N)ncc2c1. The van der Waals surface area contributed by atoms with E-state index in [-0.39, 0.29) is 17.6 Å². The molecule has 0 saturated carbocycles. The molecule has 2 aromatic carbocycles. The number of fused-ring (bicyclic) bond motifs is 1. The minimum atomic E-state index is -0.971. The molecule has 7 nitrogen and oxygen atoms in total. The molecule has 2 heterocycles. The Morgan fingerprint density at radius 2 is 1.97 bits per heavy atom. The number of amides is 2. The number of aryl methyl sites for hydroxylation is 1. The van der Waals surface area contributed by atoms with E-state index in [1.807, 2.05) is 19.1 Å². The summed E-state index contributed by atoms with van der Waals surface area (Å²) in [4.78, 5) is 29.5. The Morgan fingerprint density at radius 1 is 1.23 bits per heavy atom. The van der Waals surface area contributed by atoms with Crippen LogP contribution in [-0.4, -0.2) is 40.1 Å². The van der Waals surface area contributed by atoms with E-state index in [4.69, 9.17) is 10.8 Å². The maximum absolute atomic E-state index is 14.6. The molecule has 4 N–H and O–H groups in total. The monoisotopic (exact) mass is 422 g/mol. The highest BCUT2D eigenvalue weighted by atomic mass is 19.1. The number of hydrogen-bond donors (Lipinski definition) is 3. The maximum Gasteiger partial charge on any atom is 0.407 e. The van der Waals surface area contributed by atoms with Crippen molar-refractivity contribution in [2.75, 3.05) is 24.1 Å². The van der Waals surface area contributed by atoms with Gasteiger partial charge in [-0.2, -0.15) is 0 Å². The lowest BCUT2D eigenvalue weighted by Crippen LogP contribution is -2.40. The number of benzene rings is 2. The second-order valence-corrected chi connectivity index (χ2v) is 7.82. The van der Waals surface area contributed by atoms with Crippen molar-refractivity contribution in [1.82, 2.24) is 9.88 Å². The van der Waals surface area contributed by atoms with Crippen LogP contribution >= 0.6 is 0 Å². The number of anilines is 2. The van der Waals surface area contributed by atoms with E-state index in [0.29, 0.717) is 53.9 Å². The minimum absolute atomic E-state index is 0.191. The molecule has 0 bridgehead atoms. The topological polar surface area (TPSA) is 109 Å². The van der Waals surface area contributed by atoms with Crippen LogP contribution in [0.2, 0.25) is 0 Å². The van der Waals surface area contributed by atoms with Gasteiger partial charge < -0.3 is 21.1 Å². The Bertz CT molecular complexity index is 1150. The third-order valence-corrected chi connectivity index (χ3v) is 5.76. The van der Waals surface area contributed by atoms with Crippen molar-refractivity contribution in [2.45, 2.75) is 19.8 Å². The molecule has 1 fully saturated rings. The van der Waals surface area contributed by atoms with Gasteiger partial charge in [0, 0.05) is 47.2 Å². The second kappa shape index (κ2) is 8.22. The fraction of sp³-hybridized carbons (Fsp3) is 0.261. The molecule has 0 atom stereocenters. The van der Waals surface area contributed by atoms with Crippen molar-refractivity contribution in [3.63, 3.8) is 0 Å². The van der Waals surface area contributed by atoms with Gasteiger partial charge in [-0.1, -0.05) is 12.1 Å². The van der Waals surface area contributed by atoms with E-state index < -0.39 is 6.09 Å². The number of aromatic nitrogens is 1. The highest BCUT2D eigenvalue weighted by Crippen LogP contribution is 2.35. The summed E-state index contributed by atoms with van der Waals surface area (Å²) in [5.41, 5.74) is 8.26. The number of piperidine rings is 1. The van der Waals surface area contributed by atoms with Gasteiger partial charge in [-0.15, -0.1) is 0 Å². The van der Waals surface area contributed by atoms with Gasteiger partial charge in [-0.05, 0) is 55.2 Å². The second-order valence-electron chi connectivity index (χ2n) is 7.82. The average Bonchev–Trinajstić information content (AvgIpc) is 2.74. The lowest BCUT2D eigenvalue weighted by atomic mass is 9.94. The number of carbonyl (C=O) groups is 2. The van der Waals surface area contributed by atoms with Crippen molar-refractivity contribution in [3.05, 3.63) is 54.0 Å². The molecule has 1 aliphatic rings. The van der Waals surface area contributed by atoms with Gasteiger partial charge in [0.1, 0.15) is 11.6 Å². The fourth-order valence-electron chi connectivity index (χ4n) is 4.09. The van der Waals surface area contributed by atoms with Gasteiger partial charge in [0.25, 0.3) is 0 Å². The van der Waals surface area contributed by atoms with E-state index in [9.17, 15) is 14.0 Å². The predicted octanol–water partition coefficient (Wildman–Crippen LogP) is 4.26. The van der Waals surface area contributed by atoms with Crippen molar-refractivity contribution in [1.29, 1.82) is 0 Å². The van der Waals surface area contributed by atoms with Gasteiger partial charge in [0.2, 0.25) is 5.91 Å². The molecule has 0 aliphatic carbocycles. The molecular formula is C23H23FN4O3. The van der Waals surface area contributed by atoms with Crippen LogP contribution in [0.1, 0.15) is 18.4 Å². The van der Waals surface area contributed by atoms with Crippen LogP contribution in [0.25, 0.3) is 21.9 Å². The van der Waals surface area contributed by atoms with Gasteiger partial charge in [-0.25, -0.2) is 14.2 Å². The van der Waals surface area contributed by atoms with Crippen LogP contribution in [0.4, 0.5) is 20.7 Å². The van der Waals surface area contributed by atoms with Gasteiger partial charge in [0.05, 0.1) is 0 Å². The summed E-state index contributed by atoms with van der Waals surface area (Å²) in [5, 5.41) is 13.5. The third kappa shape index (κ3) is 4.14. The molecule has 1 aromatic heterocycles. The summed E-state index contributed by atoms with van der Waals surface area (Å²) < 4.78 is 14.6. The molecular weight excluding hydrogens is 399 g/mol. The van der Waals surface area contributed by atoms with Crippen molar-refractivity contribution < 1.29 is 19.1 Å². The lowest BCUT2D eigenvalue weighted by molar-refractivity contribution is -0.121. The number of rotatable bonds is 3. The highest BCUT2D eigenvalue weighted by Gasteiger charge is 2.27. The first-order valence-electron chi connectivity index (χ1n) is 10.1. The average molecular weight is 422 g/mol. The van der Waals surface area contributed by atoms with E-state index in [1.165, 1.54) is 11.0 Å². The summed E-state index contributed by atoms with van der Waals surface area (Å²) in [7, 11) is 0. The Labute approximate surface area is 178 Å². The molecule has 160 valence electrons. The predicted molar refractivity (Wildman–Crippen MR) is 117 cm³/mol. The zero-order valence-corrected chi connectivity index (χ0v) is 17.1. The van der Waals surface area contributed by atoms with Crippen LogP contribution in [0, 0.1) is 18.7 Å². The molecule has 0 spiro atoms. The number of likely N-dealkylation sites (tertiary alicyclic amines) is 1. The van der Waals surface area contributed by atoms with Crippen LogP contribution < -0.4 is 11.1 Å². The van der Waals surface area contributed by atoms with E-state index in [2.05, 4.69) is 10.3 Å². The first-order valence-corrected chi connectivity index (χ1v) is 10.1. The molecule has 31 heavy (non-hydrogen) atoms. The van der Waals surface area contributed by atoms with Crippen LogP contribution in [0.15, 0.2) is 42.6 Å². The van der Waals surface area contributed by atoms with E-state index in [1.54, 1.807) is 24.4 Å². The number of nitrogens with two attached hydrogens (primary N) is 1. The van der Waals surface area contributed by atoms with Crippen LogP contribution in [0.3, 0.4) is 0 Å². The van der Waals surface area contributed by atoms with E-state index >= 15 is 0 Å². The van der Waals surface area contributed by atoms with Crippen molar-refractivity contribution >= 4 is 34.3 Å². The number of carbonyl (C=O) groups excluding carboxylic acids is 1. The normalized spacial score (nSPS) is 14.6. The quantitative estimate of drug-likeness (QED) is 0.584. The Morgan fingerprint density at radius 3 is 2.65 bits per heavy atom. The third-order valence-electron chi connectivity index (χ3n) is 5.76. The summed E-state index contributed by atoms with van der Waals surface area (Å²) in [6.45, 7) is 2.47.